The summed E-state index contributed by atoms with van der Waals surface area (Å²) in [6.07, 6.45) is 0. The highest BCUT2D eigenvalue weighted by Gasteiger charge is 2.16. The van der Waals surface area contributed by atoms with E-state index in [-0.39, 0.29) is 6.61 Å². The predicted octanol–water partition coefficient (Wildman–Crippen LogP) is -1.94. The Hall–Kier alpha value is -0.200. The van der Waals surface area contributed by atoms with Gasteiger partial charge in [0.15, 0.2) is 0 Å². The molecule has 4 N–H and O–H groups in total. The zero-order valence-corrected chi connectivity index (χ0v) is 8.08. The molecule has 0 radical (unpaired) electrons. The predicted molar refractivity (Wildman–Crippen MR) is 52.2 cm³/mol. The standard InChI is InChI=1S/C8H20N4O/c9-1-4-11(7-8-13)12-5-2-10-3-6-12/h10,13H,1-9H2. The van der Waals surface area contributed by atoms with Gasteiger partial charge in [-0.3, -0.25) is 0 Å². The van der Waals surface area contributed by atoms with Crippen LogP contribution in [0, 0.1) is 0 Å². The van der Waals surface area contributed by atoms with E-state index in [4.69, 9.17) is 10.8 Å². The van der Waals surface area contributed by atoms with Gasteiger partial charge in [0.25, 0.3) is 0 Å². The van der Waals surface area contributed by atoms with Crippen LogP contribution in [0.15, 0.2) is 0 Å². The summed E-state index contributed by atoms with van der Waals surface area (Å²) in [7, 11) is 0. The third kappa shape index (κ3) is 3.58. The third-order valence-corrected chi connectivity index (χ3v) is 2.24. The average Bonchev–Trinajstić information content (AvgIpc) is 2.19. The van der Waals surface area contributed by atoms with Crippen LogP contribution in [0.4, 0.5) is 0 Å². The molecular weight excluding hydrogens is 168 g/mol. The van der Waals surface area contributed by atoms with Gasteiger partial charge < -0.3 is 16.2 Å². The van der Waals surface area contributed by atoms with E-state index in [0.717, 1.165) is 32.7 Å². The molecule has 0 bridgehead atoms. The summed E-state index contributed by atoms with van der Waals surface area (Å²) in [5, 5.41) is 16.6. The molecule has 1 aliphatic heterocycles. The lowest BCUT2D eigenvalue weighted by Crippen LogP contribution is -2.54. The zero-order valence-electron chi connectivity index (χ0n) is 8.08. The van der Waals surface area contributed by atoms with E-state index in [2.05, 4.69) is 15.3 Å². The zero-order chi connectivity index (χ0) is 9.52. The maximum absolute atomic E-state index is 8.87. The van der Waals surface area contributed by atoms with Crippen LogP contribution in [0.3, 0.4) is 0 Å². The van der Waals surface area contributed by atoms with Crippen LogP contribution in [0.1, 0.15) is 0 Å². The van der Waals surface area contributed by atoms with E-state index >= 15 is 0 Å². The van der Waals surface area contributed by atoms with E-state index in [1.807, 2.05) is 0 Å². The lowest BCUT2D eigenvalue weighted by atomic mass is 10.4. The summed E-state index contributed by atoms with van der Waals surface area (Å²) in [6.45, 7) is 6.44. The first-order chi connectivity index (χ1) is 6.38. The van der Waals surface area contributed by atoms with Crippen molar-refractivity contribution in [2.45, 2.75) is 0 Å². The summed E-state index contributed by atoms with van der Waals surface area (Å²) >= 11 is 0. The van der Waals surface area contributed by atoms with Crippen LogP contribution in [-0.4, -0.2) is 67.5 Å². The summed E-state index contributed by atoms with van der Waals surface area (Å²) in [5.74, 6) is 0. The van der Waals surface area contributed by atoms with Gasteiger partial charge in [-0.1, -0.05) is 0 Å². The Morgan fingerprint density at radius 1 is 1.31 bits per heavy atom. The summed E-state index contributed by atoms with van der Waals surface area (Å²) in [4.78, 5) is 0. The number of aliphatic hydroxyl groups excluding tert-OH is 1. The van der Waals surface area contributed by atoms with E-state index in [1.54, 1.807) is 0 Å². The molecule has 1 aliphatic rings. The Balaban J connectivity index is 2.32. The molecule has 0 aromatic rings. The number of nitrogens with two attached hydrogens (primary N) is 1. The number of piperazine rings is 1. The molecule has 78 valence electrons. The van der Waals surface area contributed by atoms with E-state index < -0.39 is 0 Å². The first kappa shape index (κ1) is 10.9. The molecule has 0 aliphatic carbocycles. The minimum atomic E-state index is 0.198. The van der Waals surface area contributed by atoms with Crippen LogP contribution in [0.25, 0.3) is 0 Å². The number of hydrazine groups is 1. The molecule has 1 fully saturated rings. The Morgan fingerprint density at radius 3 is 2.54 bits per heavy atom. The smallest absolute Gasteiger partial charge is 0.0572 e. The average molecular weight is 188 g/mol. The molecule has 1 rings (SSSR count). The normalized spacial score (nSPS) is 19.6. The van der Waals surface area contributed by atoms with Gasteiger partial charge in [-0.15, -0.1) is 0 Å². The summed E-state index contributed by atoms with van der Waals surface area (Å²) in [6, 6.07) is 0. The number of hydrogen-bond acceptors (Lipinski definition) is 5. The van der Waals surface area contributed by atoms with E-state index in [1.165, 1.54) is 0 Å². The van der Waals surface area contributed by atoms with Gasteiger partial charge >= 0.3 is 0 Å². The maximum Gasteiger partial charge on any atom is 0.0572 e. The van der Waals surface area contributed by atoms with Crippen molar-refractivity contribution in [3.8, 4) is 0 Å². The second-order valence-electron chi connectivity index (χ2n) is 3.17. The molecule has 1 saturated heterocycles. The van der Waals surface area contributed by atoms with Gasteiger partial charge in [-0.2, -0.15) is 0 Å². The minimum absolute atomic E-state index is 0.198. The number of hydrogen-bond donors (Lipinski definition) is 3. The van der Waals surface area contributed by atoms with Crippen LogP contribution in [0.5, 0.6) is 0 Å². The van der Waals surface area contributed by atoms with Crippen LogP contribution in [-0.2, 0) is 0 Å². The van der Waals surface area contributed by atoms with Crippen molar-refractivity contribution in [2.75, 3.05) is 52.4 Å². The van der Waals surface area contributed by atoms with Gasteiger partial charge in [0.1, 0.15) is 0 Å². The summed E-state index contributed by atoms with van der Waals surface area (Å²) in [5.41, 5.74) is 5.50. The third-order valence-electron chi connectivity index (χ3n) is 2.24. The Kier molecular flexibility index (Phi) is 5.26. The Bertz CT molecular complexity index is 121. The van der Waals surface area contributed by atoms with Crippen molar-refractivity contribution in [3.05, 3.63) is 0 Å². The fraction of sp³-hybridized carbons (Fsp3) is 1.00. The molecule has 0 unspecified atom stereocenters. The number of rotatable bonds is 5. The maximum atomic E-state index is 8.87. The lowest BCUT2D eigenvalue weighted by molar-refractivity contribution is -0.0408. The molecule has 0 atom stereocenters. The van der Waals surface area contributed by atoms with Crippen molar-refractivity contribution in [2.24, 2.45) is 5.73 Å². The molecule has 0 aromatic heterocycles. The highest BCUT2D eigenvalue weighted by Crippen LogP contribution is 1.98. The van der Waals surface area contributed by atoms with Crippen molar-refractivity contribution in [1.29, 1.82) is 0 Å². The fourth-order valence-corrected chi connectivity index (χ4v) is 1.59. The molecule has 0 amide bonds. The van der Waals surface area contributed by atoms with Crippen LogP contribution in [0.2, 0.25) is 0 Å². The first-order valence-electron chi connectivity index (χ1n) is 4.90. The molecule has 13 heavy (non-hydrogen) atoms. The molecule has 0 saturated carbocycles. The molecular formula is C8H20N4O. The SMILES string of the molecule is NCCN(CCO)N1CCNCC1. The van der Waals surface area contributed by atoms with Gasteiger partial charge in [0, 0.05) is 45.8 Å². The van der Waals surface area contributed by atoms with Crippen molar-refractivity contribution < 1.29 is 5.11 Å². The molecule has 0 aromatic carbocycles. The van der Waals surface area contributed by atoms with Gasteiger partial charge in [0.2, 0.25) is 0 Å². The number of nitrogens with one attached hydrogen (secondary N) is 1. The topological polar surface area (TPSA) is 64.8 Å². The Morgan fingerprint density at radius 2 is 2.00 bits per heavy atom. The molecule has 0 spiro atoms. The monoisotopic (exact) mass is 188 g/mol. The Labute approximate surface area is 79.5 Å². The number of nitrogens with zero attached hydrogens (tertiary/aromatic N) is 2. The van der Waals surface area contributed by atoms with Crippen LogP contribution >= 0.6 is 0 Å². The molecule has 5 nitrogen and oxygen atoms in total. The van der Waals surface area contributed by atoms with Crippen molar-refractivity contribution >= 4 is 0 Å². The second kappa shape index (κ2) is 6.28. The van der Waals surface area contributed by atoms with Gasteiger partial charge in [-0.25, -0.2) is 10.0 Å². The number of aliphatic hydroxyl groups is 1. The minimum Gasteiger partial charge on any atom is -0.395 e. The quantitative estimate of drug-likeness (QED) is 0.468. The van der Waals surface area contributed by atoms with E-state index in [9.17, 15) is 0 Å². The van der Waals surface area contributed by atoms with Gasteiger partial charge in [-0.05, 0) is 0 Å². The lowest BCUT2D eigenvalue weighted by Gasteiger charge is -2.37. The van der Waals surface area contributed by atoms with Crippen molar-refractivity contribution in [1.82, 2.24) is 15.3 Å². The van der Waals surface area contributed by atoms with Crippen LogP contribution < -0.4 is 11.1 Å². The first-order valence-corrected chi connectivity index (χ1v) is 4.90. The van der Waals surface area contributed by atoms with Crippen molar-refractivity contribution in [3.63, 3.8) is 0 Å². The largest absolute Gasteiger partial charge is 0.395 e. The highest BCUT2D eigenvalue weighted by atomic mass is 16.3. The molecule has 1 heterocycles. The second-order valence-corrected chi connectivity index (χ2v) is 3.17. The molecule has 5 heteroatoms. The van der Waals surface area contributed by atoms with E-state index in [0.29, 0.717) is 13.1 Å². The summed E-state index contributed by atoms with van der Waals surface area (Å²) < 4.78 is 0. The fourth-order valence-electron chi connectivity index (χ4n) is 1.59. The van der Waals surface area contributed by atoms with Gasteiger partial charge in [0.05, 0.1) is 6.61 Å². The highest BCUT2D eigenvalue weighted by molar-refractivity contribution is 4.67.